The van der Waals surface area contributed by atoms with E-state index in [1.165, 1.54) is 23.4 Å². The van der Waals surface area contributed by atoms with Gasteiger partial charge in [-0.2, -0.15) is 13.9 Å². The van der Waals surface area contributed by atoms with Crippen molar-refractivity contribution in [3.05, 3.63) is 236 Å². The highest BCUT2D eigenvalue weighted by Gasteiger charge is 2.55. The Kier molecular flexibility index (Phi) is 19.2. The van der Waals surface area contributed by atoms with Crippen LogP contribution in [0.5, 0.6) is 11.5 Å². The number of nitrogens with two attached hydrogens (primary N) is 1. The molecule has 3 aliphatic rings. The quantitative estimate of drug-likeness (QED) is 0.0147. The molecule has 3 aromatic heterocycles. The maximum atomic E-state index is 13.7. The third-order valence-electron chi connectivity index (χ3n) is 16.9. The third kappa shape index (κ3) is 13.4. The molecular weight excluding hydrogens is 1200 g/mol. The Bertz CT molecular complexity index is 4080. The summed E-state index contributed by atoms with van der Waals surface area (Å²) in [5.74, 6) is 0.571. The zero-order valence-corrected chi connectivity index (χ0v) is 51.6. The molecule has 12 rings (SSSR count). The van der Waals surface area contributed by atoms with Gasteiger partial charge in [-0.15, -0.1) is 4.52 Å². The summed E-state index contributed by atoms with van der Waals surface area (Å²) >= 11 is 0. The van der Waals surface area contributed by atoms with Gasteiger partial charge in [0.2, 0.25) is 0 Å². The number of aryl methyl sites for hydroxylation is 2. The Morgan fingerprint density at radius 2 is 1.37 bits per heavy atom. The summed E-state index contributed by atoms with van der Waals surface area (Å²) < 4.78 is 58.9. The molecule has 1 amide bonds. The van der Waals surface area contributed by atoms with Crippen molar-refractivity contribution in [2.24, 2.45) is 5.73 Å². The number of aromatic nitrogens is 6. The normalized spacial score (nSPS) is 19.3. The zero-order chi connectivity index (χ0) is 63.9. The number of aliphatic hydroxyl groups is 1. The van der Waals surface area contributed by atoms with E-state index in [2.05, 4.69) is 49.5 Å². The molecule has 476 valence electrons. The van der Waals surface area contributed by atoms with Gasteiger partial charge in [-0.25, -0.2) is 19.7 Å². The molecule has 5 heterocycles. The lowest BCUT2D eigenvalue weighted by molar-refractivity contribution is -0.143. The van der Waals surface area contributed by atoms with Crippen molar-refractivity contribution in [1.82, 2.24) is 29.1 Å². The monoisotopic (exact) mass is 1270 g/mol. The smallest absolute Gasteiger partial charge is 0.497 e. The van der Waals surface area contributed by atoms with Crippen LogP contribution < -0.4 is 31.8 Å². The molecule has 6 aromatic carbocycles. The number of nitrogens with zero attached hydrogens (tertiary/aromatic N) is 5. The SMILES string of the molecule is COc1ccc(C(OCC2O[C@@H](n3cc(C)c(=O)[nH]c3=O)CC2O[P+](O)(OCCCN)OCC2O[C@@H](n3cnc4c(NC(=O)c5ccc(CCC(=O)OCC6c7ccccc7-c7ccccc76)cc5)ncnc43)CC2O)(c2ccccc2)c2ccc(OC)cc2)cc1. The van der Waals surface area contributed by atoms with E-state index in [4.69, 9.17) is 47.7 Å². The van der Waals surface area contributed by atoms with Crippen LogP contribution in [-0.2, 0) is 49.3 Å². The first kappa shape index (κ1) is 63.3. The fraction of sp³-hybridized carbons (Fsp3) is 0.309. The van der Waals surface area contributed by atoms with Gasteiger partial charge in [0.05, 0.1) is 33.3 Å². The molecule has 2 fully saturated rings. The van der Waals surface area contributed by atoms with Crippen molar-refractivity contribution in [3.8, 4) is 22.6 Å². The largest absolute Gasteiger partial charge is 0.573 e. The van der Waals surface area contributed by atoms with Crippen LogP contribution in [0.3, 0.4) is 0 Å². The van der Waals surface area contributed by atoms with E-state index >= 15 is 0 Å². The average Bonchev–Trinajstić information content (AvgIpc) is 0.972. The molecule has 6 N–H and O–H groups in total. The van der Waals surface area contributed by atoms with Crippen molar-refractivity contribution in [2.75, 3.05) is 52.5 Å². The first-order valence-corrected chi connectivity index (χ1v) is 31.7. The highest BCUT2D eigenvalue weighted by atomic mass is 31.2. The number of benzene rings is 6. The molecule has 0 spiro atoms. The highest BCUT2D eigenvalue weighted by molar-refractivity contribution is 7.55. The number of carbonyl (C=O) groups excluding carboxylic acids is 2. The Morgan fingerprint density at radius 3 is 2.03 bits per heavy atom. The summed E-state index contributed by atoms with van der Waals surface area (Å²) in [4.78, 5) is 80.9. The van der Waals surface area contributed by atoms with Gasteiger partial charge in [0.15, 0.2) is 17.0 Å². The summed E-state index contributed by atoms with van der Waals surface area (Å²) in [6.45, 7) is 1.29. The van der Waals surface area contributed by atoms with E-state index in [0.717, 1.165) is 44.5 Å². The number of imidazole rings is 1. The summed E-state index contributed by atoms with van der Waals surface area (Å²) in [5, 5.41) is 14.4. The number of H-pyrrole nitrogens is 1. The second-order valence-electron chi connectivity index (χ2n) is 22.6. The van der Waals surface area contributed by atoms with Crippen LogP contribution in [0.15, 0.2) is 180 Å². The van der Waals surface area contributed by atoms with E-state index in [-0.39, 0.29) is 74.4 Å². The van der Waals surface area contributed by atoms with Crippen LogP contribution in [0.2, 0.25) is 0 Å². The Labute approximate surface area is 529 Å². The van der Waals surface area contributed by atoms with Gasteiger partial charge in [0.1, 0.15) is 74.0 Å². The summed E-state index contributed by atoms with van der Waals surface area (Å²) in [7, 11) is -1.26. The fourth-order valence-electron chi connectivity index (χ4n) is 12.0. The molecule has 0 bridgehead atoms. The number of carbonyl (C=O) groups is 2. The van der Waals surface area contributed by atoms with Crippen LogP contribution in [0, 0.1) is 6.92 Å². The Balaban J connectivity index is 0.721. The van der Waals surface area contributed by atoms with Gasteiger partial charge in [-0.1, -0.05) is 115 Å². The molecule has 0 radical (unpaired) electrons. The number of ether oxygens (including phenoxy) is 6. The van der Waals surface area contributed by atoms with Crippen LogP contribution in [-0.4, -0.2) is 123 Å². The predicted molar refractivity (Wildman–Crippen MR) is 340 cm³/mol. The second-order valence-corrected chi connectivity index (χ2v) is 24.2. The minimum absolute atomic E-state index is 0.0353. The number of anilines is 1. The van der Waals surface area contributed by atoms with Gasteiger partial charge < -0.3 is 44.6 Å². The number of methoxy groups -OCH3 is 2. The first-order valence-electron chi connectivity index (χ1n) is 30.2. The lowest BCUT2D eigenvalue weighted by Gasteiger charge is -2.37. The lowest BCUT2D eigenvalue weighted by Crippen LogP contribution is -2.39. The molecule has 23 nitrogen and oxygen atoms in total. The lowest BCUT2D eigenvalue weighted by atomic mass is 9.80. The molecular formula is C68H70N8O15P+. The van der Waals surface area contributed by atoms with Crippen molar-refractivity contribution >= 4 is 37.0 Å². The van der Waals surface area contributed by atoms with Gasteiger partial charge in [0, 0.05) is 42.5 Å². The number of hydrogen-bond donors (Lipinski definition) is 5. The molecule has 9 aromatic rings. The van der Waals surface area contributed by atoms with E-state index in [1.54, 1.807) is 50.0 Å². The second kappa shape index (κ2) is 27.9. The molecule has 7 atom stereocenters. The topological polar surface area (TPSA) is 294 Å². The highest BCUT2D eigenvalue weighted by Crippen LogP contribution is 2.61. The maximum absolute atomic E-state index is 13.7. The molecule has 24 heteroatoms. The minimum atomic E-state index is -4.42. The molecule has 2 saturated heterocycles. The average molecular weight is 1270 g/mol. The summed E-state index contributed by atoms with van der Waals surface area (Å²) in [6, 6.07) is 47.8. The predicted octanol–water partition coefficient (Wildman–Crippen LogP) is 8.62. The fourth-order valence-corrected chi connectivity index (χ4v) is 13.5. The summed E-state index contributed by atoms with van der Waals surface area (Å²) in [5.41, 5.74) is 12.1. The number of nitrogens with one attached hydrogen (secondary N) is 2. The molecule has 0 saturated carbocycles. The van der Waals surface area contributed by atoms with Gasteiger partial charge in [-0.3, -0.25) is 28.5 Å². The number of aromatic amines is 1. The van der Waals surface area contributed by atoms with E-state index in [1.807, 2.05) is 103 Å². The molecule has 92 heavy (non-hydrogen) atoms. The van der Waals surface area contributed by atoms with Crippen molar-refractivity contribution in [1.29, 1.82) is 0 Å². The number of esters is 1. The molecule has 1 aliphatic carbocycles. The van der Waals surface area contributed by atoms with Crippen LogP contribution in [0.25, 0.3) is 22.3 Å². The van der Waals surface area contributed by atoms with Crippen molar-refractivity contribution in [3.63, 3.8) is 0 Å². The van der Waals surface area contributed by atoms with E-state index in [0.29, 0.717) is 35.6 Å². The van der Waals surface area contributed by atoms with Crippen molar-refractivity contribution < 1.29 is 61.6 Å². The maximum Gasteiger partial charge on any atom is 0.573 e. The standard InChI is InChI=1S/C68H69N8O15P/c1-42-36-75(67(81)74-65(42)79)60-35-56(58(90-60)38-86-68(45-12-5-4-6-13-45,46-23-27-48(83-2)28-24-46)47-25-29-49(84-3)30-26-47)91-92(82,87-33-11-32-69)88-39-57-55(77)34-59(89-57)76-41-72-62-63(70-40-71-64(62)76)73-66(80)44-21-18-43(19-22-44)20-31-61(78)85-37-54-52-16-9-7-14-50(52)51-15-8-10-17-53(51)54/h4-10,12-19,21-30,36,40-41,54-60,77,82H,11,20,31-35,37-39,69H2,1-3H3,(H-,70,71,73,74,79,80,81)/p+1/t55?,56?,57?,58?,59-,60-,92?/m1/s1. The van der Waals surface area contributed by atoms with Gasteiger partial charge in [-0.05, 0) is 107 Å². The number of rotatable bonds is 26. The van der Waals surface area contributed by atoms with Crippen LogP contribution in [0.4, 0.5) is 5.82 Å². The van der Waals surface area contributed by atoms with Gasteiger partial charge >= 0.3 is 19.8 Å². The number of hydrogen-bond acceptors (Lipinski definition) is 19. The third-order valence-corrected chi connectivity index (χ3v) is 18.4. The van der Waals surface area contributed by atoms with Crippen LogP contribution >= 0.6 is 8.17 Å². The molecule has 5 unspecified atom stereocenters. The van der Waals surface area contributed by atoms with Gasteiger partial charge in [0.25, 0.3) is 11.5 Å². The minimum Gasteiger partial charge on any atom is -0.497 e. The Morgan fingerprint density at radius 1 is 0.739 bits per heavy atom. The Hall–Kier alpha value is -8.84. The zero-order valence-electron chi connectivity index (χ0n) is 50.7. The van der Waals surface area contributed by atoms with Crippen molar-refractivity contribution in [2.45, 2.75) is 87.4 Å². The summed E-state index contributed by atoms with van der Waals surface area (Å²) in [6.07, 6.45) is -1.22. The van der Waals surface area contributed by atoms with E-state index in [9.17, 15) is 29.2 Å². The number of fused-ring (bicyclic) bond motifs is 4. The first-order chi connectivity index (χ1) is 44.7. The van der Waals surface area contributed by atoms with E-state index < -0.39 is 74.4 Å². The van der Waals surface area contributed by atoms with Crippen LogP contribution in [0.1, 0.15) is 93.4 Å². The number of aliphatic hydroxyl groups excluding tert-OH is 1. The molecule has 2 aliphatic heterocycles. The number of amides is 1.